The molecule has 0 saturated heterocycles. The number of unbranched alkanes of at least 4 members (excludes halogenated alkanes) is 32. The first-order chi connectivity index (χ1) is 26.0. The molecule has 0 aliphatic carbocycles. The van der Waals surface area contributed by atoms with E-state index in [1.807, 2.05) is 0 Å². The Morgan fingerprint density at radius 3 is 1.11 bits per heavy atom. The van der Waals surface area contributed by atoms with Gasteiger partial charge >= 0.3 is 0 Å². The first kappa shape index (κ1) is 52.0. The summed E-state index contributed by atoms with van der Waals surface area (Å²) in [6.45, 7) is 3.87. The zero-order valence-corrected chi connectivity index (χ0v) is 35.5. The summed E-state index contributed by atoms with van der Waals surface area (Å²) in [6.07, 6.45) is 48.1. The van der Waals surface area contributed by atoms with Gasteiger partial charge in [-0.1, -0.05) is 225 Å². The number of rotatable bonds is 43. The van der Waals surface area contributed by atoms with Gasteiger partial charge in [0.1, 0.15) is 12.2 Å². The highest BCUT2D eigenvalue weighted by molar-refractivity contribution is 5.80. The molecule has 0 aromatic heterocycles. The van der Waals surface area contributed by atoms with Gasteiger partial charge in [-0.15, -0.1) is 0 Å². The summed E-state index contributed by atoms with van der Waals surface area (Å²) in [5.74, 6) is -0.590. The average molecular weight is 752 g/mol. The Kier molecular flexibility index (Phi) is 41.4. The Morgan fingerprint density at radius 2 is 0.755 bits per heavy atom. The molecule has 5 N–H and O–H groups in total. The van der Waals surface area contributed by atoms with Crippen LogP contribution in [0.4, 0.5) is 0 Å². The molecular formula is C47H93NO5. The van der Waals surface area contributed by atoms with Gasteiger partial charge in [-0.2, -0.15) is 0 Å². The monoisotopic (exact) mass is 752 g/mol. The molecule has 0 aliphatic heterocycles. The molecule has 0 radical (unpaired) electrons. The molecule has 0 saturated carbocycles. The molecule has 0 aromatic rings. The number of hydrogen-bond donors (Lipinski definition) is 5. The summed E-state index contributed by atoms with van der Waals surface area (Å²) >= 11 is 0. The lowest BCUT2D eigenvalue weighted by atomic mass is 10.00. The maximum Gasteiger partial charge on any atom is 0.249 e. The molecule has 6 nitrogen and oxygen atoms in total. The van der Waals surface area contributed by atoms with E-state index in [1.54, 1.807) is 0 Å². The molecule has 1 amide bonds. The topological polar surface area (TPSA) is 110 Å². The molecule has 0 fully saturated rings. The van der Waals surface area contributed by atoms with Crippen LogP contribution >= 0.6 is 0 Å². The fourth-order valence-corrected chi connectivity index (χ4v) is 7.46. The molecule has 0 rings (SSSR count). The van der Waals surface area contributed by atoms with Crippen molar-refractivity contribution in [3.63, 3.8) is 0 Å². The highest BCUT2D eigenvalue weighted by atomic mass is 16.3. The van der Waals surface area contributed by atoms with Crippen molar-refractivity contribution in [3.05, 3.63) is 12.2 Å². The Labute approximate surface area is 330 Å². The molecular weight excluding hydrogens is 659 g/mol. The summed E-state index contributed by atoms with van der Waals surface area (Å²) in [4.78, 5) is 12.3. The van der Waals surface area contributed by atoms with Crippen LogP contribution in [0.25, 0.3) is 0 Å². The van der Waals surface area contributed by atoms with Crippen molar-refractivity contribution in [2.75, 3.05) is 6.61 Å². The van der Waals surface area contributed by atoms with Crippen LogP contribution in [0, 0.1) is 0 Å². The van der Waals surface area contributed by atoms with E-state index in [-0.39, 0.29) is 0 Å². The quantitative estimate of drug-likeness (QED) is 0.0315. The number of aliphatic hydroxyl groups excluding tert-OH is 4. The lowest BCUT2D eigenvalue weighted by Crippen LogP contribution is -2.53. The van der Waals surface area contributed by atoms with Crippen molar-refractivity contribution in [2.24, 2.45) is 0 Å². The molecule has 0 heterocycles. The minimum Gasteiger partial charge on any atom is -0.394 e. The minimum atomic E-state index is -1.25. The van der Waals surface area contributed by atoms with Crippen molar-refractivity contribution in [1.29, 1.82) is 0 Å². The van der Waals surface area contributed by atoms with Gasteiger partial charge in [0.25, 0.3) is 0 Å². The third-order valence-electron chi connectivity index (χ3n) is 11.2. The van der Waals surface area contributed by atoms with Crippen LogP contribution < -0.4 is 5.32 Å². The zero-order chi connectivity index (χ0) is 38.9. The standard InChI is InChI=1S/C47H93NO5/c1-3-5-7-8-9-10-11-12-13-14-15-16-17-18-19-20-21-22-23-24-25-26-27-28-29-30-31-32-33-34-35-36-37-39-41-45(51)47(53)48-43(42-49)46(52)44(50)40-38-6-4-2/h20-21,43-46,49-52H,3-19,22-42H2,1-2H3,(H,48,53)/b21-20-. The van der Waals surface area contributed by atoms with Gasteiger partial charge in [0.15, 0.2) is 0 Å². The molecule has 0 aliphatic rings. The number of nitrogens with one attached hydrogen (secondary N) is 1. The molecule has 4 unspecified atom stereocenters. The molecule has 0 spiro atoms. The summed E-state index contributed by atoms with van der Waals surface area (Å²) in [7, 11) is 0. The average Bonchev–Trinajstić information content (AvgIpc) is 3.16. The van der Waals surface area contributed by atoms with Gasteiger partial charge in [0.05, 0.1) is 18.8 Å². The fraction of sp³-hybridized carbons (Fsp3) is 0.936. The van der Waals surface area contributed by atoms with Crippen molar-refractivity contribution < 1.29 is 25.2 Å². The Hall–Kier alpha value is -0.950. The van der Waals surface area contributed by atoms with E-state index in [1.165, 1.54) is 186 Å². The lowest BCUT2D eigenvalue weighted by molar-refractivity contribution is -0.132. The van der Waals surface area contributed by atoms with Crippen molar-refractivity contribution in [3.8, 4) is 0 Å². The van der Waals surface area contributed by atoms with Crippen LogP contribution in [0.2, 0.25) is 0 Å². The van der Waals surface area contributed by atoms with E-state index in [4.69, 9.17) is 0 Å². The molecule has 6 heteroatoms. The molecule has 0 aromatic carbocycles. The maximum atomic E-state index is 12.3. The normalized spacial score (nSPS) is 14.2. The second-order valence-electron chi connectivity index (χ2n) is 16.5. The van der Waals surface area contributed by atoms with Crippen molar-refractivity contribution in [1.82, 2.24) is 5.32 Å². The SMILES string of the molecule is CCCCCCCCCCCCCCCC/C=C\CCCCCCCCCCCCCCCCCCC(O)C(=O)NC(CO)C(O)C(O)CCCCC. The van der Waals surface area contributed by atoms with E-state index in [0.717, 1.165) is 38.5 Å². The van der Waals surface area contributed by atoms with Gasteiger partial charge in [-0.05, 0) is 38.5 Å². The van der Waals surface area contributed by atoms with Crippen LogP contribution in [-0.4, -0.2) is 57.3 Å². The Morgan fingerprint density at radius 1 is 0.453 bits per heavy atom. The van der Waals surface area contributed by atoms with Gasteiger partial charge in [-0.25, -0.2) is 0 Å². The van der Waals surface area contributed by atoms with Crippen LogP contribution in [0.5, 0.6) is 0 Å². The number of aliphatic hydroxyl groups is 4. The van der Waals surface area contributed by atoms with Crippen LogP contribution in [0.3, 0.4) is 0 Å². The predicted octanol–water partition coefficient (Wildman–Crippen LogP) is 12.6. The van der Waals surface area contributed by atoms with Gasteiger partial charge in [0.2, 0.25) is 5.91 Å². The fourth-order valence-electron chi connectivity index (χ4n) is 7.46. The van der Waals surface area contributed by atoms with E-state index >= 15 is 0 Å². The van der Waals surface area contributed by atoms with E-state index < -0.39 is 36.9 Å². The third-order valence-corrected chi connectivity index (χ3v) is 11.2. The molecule has 316 valence electrons. The van der Waals surface area contributed by atoms with Crippen molar-refractivity contribution in [2.45, 2.75) is 276 Å². The van der Waals surface area contributed by atoms with Gasteiger partial charge in [-0.3, -0.25) is 4.79 Å². The summed E-state index contributed by atoms with van der Waals surface area (Å²) < 4.78 is 0. The first-order valence-corrected chi connectivity index (χ1v) is 23.6. The van der Waals surface area contributed by atoms with Gasteiger partial charge < -0.3 is 25.7 Å². The minimum absolute atomic E-state index is 0.371. The van der Waals surface area contributed by atoms with Crippen molar-refractivity contribution >= 4 is 5.91 Å². The van der Waals surface area contributed by atoms with Crippen LogP contribution in [0.15, 0.2) is 12.2 Å². The van der Waals surface area contributed by atoms with E-state index in [9.17, 15) is 25.2 Å². The molecule has 53 heavy (non-hydrogen) atoms. The third kappa shape index (κ3) is 36.4. The highest BCUT2D eigenvalue weighted by Crippen LogP contribution is 2.17. The van der Waals surface area contributed by atoms with Crippen LogP contribution in [-0.2, 0) is 4.79 Å². The molecule has 4 atom stereocenters. The number of allylic oxidation sites excluding steroid dienone is 2. The first-order valence-electron chi connectivity index (χ1n) is 23.6. The van der Waals surface area contributed by atoms with E-state index in [2.05, 4.69) is 31.3 Å². The zero-order valence-electron chi connectivity index (χ0n) is 35.5. The second kappa shape index (κ2) is 42.2. The number of amides is 1. The highest BCUT2D eigenvalue weighted by Gasteiger charge is 2.28. The summed E-state index contributed by atoms with van der Waals surface area (Å²) in [5, 5.41) is 42.8. The maximum absolute atomic E-state index is 12.3. The number of hydrogen-bond acceptors (Lipinski definition) is 5. The number of carbonyl (C=O) groups is 1. The Balaban J connectivity index is 3.40. The number of carbonyl (C=O) groups excluding carboxylic acids is 1. The molecule has 0 bridgehead atoms. The lowest BCUT2D eigenvalue weighted by Gasteiger charge is -2.27. The largest absolute Gasteiger partial charge is 0.394 e. The van der Waals surface area contributed by atoms with Crippen LogP contribution in [0.1, 0.15) is 251 Å². The second-order valence-corrected chi connectivity index (χ2v) is 16.5. The van der Waals surface area contributed by atoms with E-state index in [0.29, 0.717) is 12.8 Å². The summed E-state index contributed by atoms with van der Waals surface area (Å²) in [5.41, 5.74) is 0. The predicted molar refractivity (Wildman–Crippen MR) is 228 cm³/mol. The summed E-state index contributed by atoms with van der Waals surface area (Å²) in [6, 6.07) is -0.977. The Bertz CT molecular complexity index is 761. The van der Waals surface area contributed by atoms with Gasteiger partial charge in [0, 0.05) is 0 Å². The smallest absolute Gasteiger partial charge is 0.249 e.